The van der Waals surface area contributed by atoms with Gasteiger partial charge >= 0.3 is 0 Å². The highest BCUT2D eigenvalue weighted by Crippen LogP contribution is 2.22. The lowest BCUT2D eigenvalue weighted by Crippen LogP contribution is -2.11. The van der Waals surface area contributed by atoms with Crippen molar-refractivity contribution in [1.82, 2.24) is 10.5 Å². The molecule has 0 amide bonds. The molecular weight excluding hydrogens is 164 g/mol. The largest absolute Gasteiger partial charge is 0.408 e. The average molecular weight is 174 g/mol. The van der Waals surface area contributed by atoms with Crippen molar-refractivity contribution in [3.63, 3.8) is 0 Å². The highest BCUT2D eigenvalue weighted by Gasteiger charge is 2.00. The van der Waals surface area contributed by atoms with Crippen LogP contribution in [0.3, 0.4) is 0 Å². The van der Waals surface area contributed by atoms with Gasteiger partial charge in [0.15, 0.2) is 5.75 Å². The minimum atomic E-state index is 0.799. The van der Waals surface area contributed by atoms with Crippen molar-refractivity contribution < 1.29 is 4.84 Å². The van der Waals surface area contributed by atoms with Gasteiger partial charge in [-0.15, -0.1) is 0 Å². The topological polar surface area (TPSA) is 34.1 Å². The number of rotatable bonds is 2. The predicted octanol–water partition coefficient (Wildman–Crippen LogP) is 1.75. The van der Waals surface area contributed by atoms with Gasteiger partial charge in [-0.05, 0) is 12.1 Å². The number of nitrogens with zero attached hydrogens (tertiary/aromatic N) is 1. The van der Waals surface area contributed by atoms with E-state index in [-0.39, 0.29) is 0 Å². The highest BCUT2D eigenvalue weighted by atomic mass is 16.6. The first-order valence-corrected chi connectivity index (χ1v) is 4.09. The average Bonchev–Trinajstić information content (AvgIpc) is 2.19. The minimum Gasteiger partial charge on any atom is -0.408 e. The maximum atomic E-state index is 5.23. The van der Waals surface area contributed by atoms with Crippen LogP contribution in [0.25, 0.3) is 10.9 Å². The van der Waals surface area contributed by atoms with E-state index >= 15 is 0 Å². The highest BCUT2D eigenvalue weighted by molar-refractivity contribution is 5.84. The minimum absolute atomic E-state index is 0.799. The molecule has 0 fully saturated rings. The van der Waals surface area contributed by atoms with Crippen LogP contribution in [0.15, 0.2) is 36.5 Å². The van der Waals surface area contributed by atoms with Gasteiger partial charge in [0, 0.05) is 24.7 Å². The third-order valence-corrected chi connectivity index (χ3v) is 1.82. The van der Waals surface area contributed by atoms with E-state index in [1.54, 1.807) is 13.2 Å². The van der Waals surface area contributed by atoms with E-state index < -0.39 is 0 Å². The molecule has 0 aliphatic rings. The molecule has 0 atom stereocenters. The first-order valence-electron chi connectivity index (χ1n) is 4.09. The molecule has 13 heavy (non-hydrogen) atoms. The Bertz CT molecular complexity index is 409. The smallest absolute Gasteiger partial charge is 0.158 e. The summed E-state index contributed by atoms with van der Waals surface area (Å²) < 4.78 is 0. The molecular formula is C10H10N2O. The third-order valence-electron chi connectivity index (χ3n) is 1.82. The van der Waals surface area contributed by atoms with Gasteiger partial charge in [-0.2, -0.15) is 5.48 Å². The summed E-state index contributed by atoms with van der Waals surface area (Å²) in [6, 6.07) is 9.69. The van der Waals surface area contributed by atoms with Crippen LogP contribution in [-0.4, -0.2) is 12.0 Å². The first kappa shape index (κ1) is 8.01. The number of hydrogen-bond acceptors (Lipinski definition) is 3. The second-order valence-electron chi connectivity index (χ2n) is 2.63. The molecule has 0 spiro atoms. The lowest BCUT2D eigenvalue weighted by Gasteiger charge is -2.05. The van der Waals surface area contributed by atoms with Gasteiger partial charge < -0.3 is 4.84 Å². The lowest BCUT2D eigenvalue weighted by molar-refractivity contribution is 0.227. The van der Waals surface area contributed by atoms with Gasteiger partial charge in [0.05, 0.1) is 5.52 Å². The molecule has 1 heterocycles. The normalized spacial score (nSPS) is 10.2. The van der Waals surface area contributed by atoms with E-state index in [4.69, 9.17) is 4.84 Å². The number of aromatic nitrogens is 1. The molecule has 0 saturated carbocycles. The monoisotopic (exact) mass is 174 g/mol. The van der Waals surface area contributed by atoms with E-state index in [1.165, 1.54) is 0 Å². The summed E-state index contributed by atoms with van der Waals surface area (Å²) >= 11 is 0. The Morgan fingerprint density at radius 1 is 1.23 bits per heavy atom. The molecule has 1 aromatic heterocycles. The molecule has 2 aromatic rings. The molecule has 3 heteroatoms. The number of pyridine rings is 1. The number of hydrogen-bond donors (Lipinski definition) is 1. The molecule has 0 unspecified atom stereocenters. The summed E-state index contributed by atoms with van der Waals surface area (Å²) in [5.41, 5.74) is 3.59. The van der Waals surface area contributed by atoms with E-state index in [0.29, 0.717) is 0 Å². The summed E-state index contributed by atoms with van der Waals surface area (Å²) in [6.45, 7) is 0. The van der Waals surface area contributed by atoms with Crippen molar-refractivity contribution in [1.29, 1.82) is 0 Å². The van der Waals surface area contributed by atoms with E-state index in [1.807, 2.05) is 30.3 Å². The van der Waals surface area contributed by atoms with E-state index in [9.17, 15) is 0 Å². The Morgan fingerprint density at radius 3 is 2.92 bits per heavy atom. The SMILES string of the molecule is CNOc1ccnc2ccccc12. The lowest BCUT2D eigenvalue weighted by atomic mass is 10.2. The van der Waals surface area contributed by atoms with Gasteiger partial charge in [-0.3, -0.25) is 4.98 Å². The molecule has 0 bridgehead atoms. The summed E-state index contributed by atoms with van der Waals surface area (Å²) in [7, 11) is 1.73. The fourth-order valence-electron chi connectivity index (χ4n) is 1.27. The van der Waals surface area contributed by atoms with Crippen molar-refractivity contribution in [2.45, 2.75) is 0 Å². The number of para-hydroxylation sites is 1. The van der Waals surface area contributed by atoms with Crippen molar-refractivity contribution in [2.24, 2.45) is 0 Å². The van der Waals surface area contributed by atoms with Crippen LogP contribution in [0.5, 0.6) is 5.75 Å². The summed E-state index contributed by atoms with van der Waals surface area (Å²) in [6.07, 6.45) is 1.73. The van der Waals surface area contributed by atoms with Gasteiger partial charge in [0.1, 0.15) is 0 Å². The van der Waals surface area contributed by atoms with Gasteiger partial charge in [0.2, 0.25) is 0 Å². The van der Waals surface area contributed by atoms with Crippen molar-refractivity contribution >= 4 is 10.9 Å². The Hall–Kier alpha value is -1.61. The maximum absolute atomic E-state index is 5.23. The van der Waals surface area contributed by atoms with Crippen LogP contribution in [0.4, 0.5) is 0 Å². The first-order chi connectivity index (χ1) is 6.42. The quantitative estimate of drug-likeness (QED) is 0.704. The fraction of sp³-hybridized carbons (Fsp3) is 0.100. The molecule has 66 valence electrons. The second kappa shape index (κ2) is 3.41. The number of nitrogens with one attached hydrogen (secondary N) is 1. The van der Waals surface area contributed by atoms with Gasteiger partial charge in [-0.25, -0.2) is 0 Å². The van der Waals surface area contributed by atoms with Crippen LogP contribution in [0, 0.1) is 0 Å². The zero-order valence-corrected chi connectivity index (χ0v) is 7.32. The molecule has 0 aliphatic carbocycles. The maximum Gasteiger partial charge on any atom is 0.158 e. The van der Waals surface area contributed by atoms with Gasteiger partial charge in [-0.1, -0.05) is 12.1 Å². The van der Waals surface area contributed by atoms with E-state index in [0.717, 1.165) is 16.7 Å². The fourth-order valence-corrected chi connectivity index (χ4v) is 1.27. The number of hydroxylamine groups is 1. The molecule has 1 aromatic carbocycles. The molecule has 0 saturated heterocycles. The van der Waals surface area contributed by atoms with Crippen molar-refractivity contribution in [3.8, 4) is 5.75 Å². The number of benzene rings is 1. The molecule has 0 radical (unpaired) electrons. The zero-order valence-electron chi connectivity index (χ0n) is 7.32. The molecule has 0 aliphatic heterocycles. The van der Waals surface area contributed by atoms with Crippen LogP contribution >= 0.6 is 0 Å². The Balaban J connectivity index is 2.61. The Kier molecular flexibility index (Phi) is 2.10. The van der Waals surface area contributed by atoms with Crippen LogP contribution in [0.1, 0.15) is 0 Å². The second-order valence-corrected chi connectivity index (χ2v) is 2.63. The summed E-state index contributed by atoms with van der Waals surface area (Å²) in [5.74, 6) is 0.799. The van der Waals surface area contributed by atoms with Crippen molar-refractivity contribution in [3.05, 3.63) is 36.5 Å². The van der Waals surface area contributed by atoms with Crippen LogP contribution in [0.2, 0.25) is 0 Å². The molecule has 2 rings (SSSR count). The summed E-state index contributed by atoms with van der Waals surface area (Å²) in [5, 5.41) is 1.01. The molecule has 1 N–H and O–H groups in total. The standard InChI is InChI=1S/C10H10N2O/c1-11-13-10-6-7-12-9-5-3-2-4-8(9)10/h2-7,11H,1H3. The zero-order chi connectivity index (χ0) is 9.10. The summed E-state index contributed by atoms with van der Waals surface area (Å²) in [4.78, 5) is 9.45. The van der Waals surface area contributed by atoms with E-state index in [2.05, 4.69) is 10.5 Å². The Morgan fingerprint density at radius 2 is 2.08 bits per heavy atom. The van der Waals surface area contributed by atoms with Gasteiger partial charge in [0.25, 0.3) is 0 Å². The van der Waals surface area contributed by atoms with Crippen LogP contribution in [-0.2, 0) is 0 Å². The third kappa shape index (κ3) is 1.46. The predicted molar refractivity (Wildman–Crippen MR) is 51.4 cm³/mol. The Labute approximate surface area is 76.3 Å². The molecule has 3 nitrogen and oxygen atoms in total. The van der Waals surface area contributed by atoms with Crippen molar-refractivity contribution in [2.75, 3.05) is 7.05 Å². The van der Waals surface area contributed by atoms with Crippen LogP contribution < -0.4 is 10.3 Å². The number of fused-ring (bicyclic) bond motifs is 1.